The van der Waals surface area contributed by atoms with E-state index in [0.717, 1.165) is 38.3 Å². The van der Waals surface area contributed by atoms with Gasteiger partial charge < -0.3 is 10.2 Å². The van der Waals surface area contributed by atoms with Gasteiger partial charge in [0, 0.05) is 51.0 Å². The molecule has 1 aliphatic rings. The Kier molecular flexibility index (Phi) is 6.01. The van der Waals surface area contributed by atoms with Gasteiger partial charge in [0.05, 0.1) is 0 Å². The lowest BCUT2D eigenvalue weighted by molar-refractivity contribution is -0.116. The lowest BCUT2D eigenvalue weighted by Gasteiger charge is -2.36. The van der Waals surface area contributed by atoms with Crippen LogP contribution < -0.4 is 10.2 Å². The summed E-state index contributed by atoms with van der Waals surface area (Å²) in [5.74, 6) is 0.0124. The van der Waals surface area contributed by atoms with Crippen molar-refractivity contribution in [2.75, 3.05) is 44.2 Å². The van der Waals surface area contributed by atoms with Crippen molar-refractivity contribution >= 4 is 11.6 Å². The maximum atomic E-state index is 11.5. The van der Waals surface area contributed by atoms with Crippen molar-refractivity contribution in [2.45, 2.75) is 20.8 Å². The molecule has 120 valence electrons. The number of amides is 1. The fourth-order valence-electron chi connectivity index (χ4n) is 2.70. The third-order valence-corrected chi connectivity index (χ3v) is 3.89. The number of aryl methyl sites for hydroxylation is 1. The van der Waals surface area contributed by atoms with Crippen LogP contribution >= 0.6 is 0 Å². The van der Waals surface area contributed by atoms with Crippen molar-refractivity contribution in [3.63, 3.8) is 0 Å². The standard InChI is InChI=1S/C18H27N3O/c1-15(2)13-18(22)19-7-8-20-9-11-21(12-10-20)17-6-4-5-16(3)14-17/h4-6,13-14H,7-12H2,1-3H3,(H,19,22). The van der Waals surface area contributed by atoms with Crippen LogP contribution in [0.15, 0.2) is 35.9 Å². The fourth-order valence-corrected chi connectivity index (χ4v) is 2.70. The second-order valence-electron chi connectivity index (χ2n) is 6.18. The quantitative estimate of drug-likeness (QED) is 0.847. The van der Waals surface area contributed by atoms with Crippen LogP contribution in [0.2, 0.25) is 0 Å². The summed E-state index contributed by atoms with van der Waals surface area (Å²) < 4.78 is 0. The number of hydrogen-bond acceptors (Lipinski definition) is 3. The van der Waals surface area contributed by atoms with Crippen molar-refractivity contribution in [3.05, 3.63) is 41.5 Å². The number of nitrogens with one attached hydrogen (secondary N) is 1. The Balaban J connectivity index is 1.71. The Morgan fingerprint density at radius 3 is 2.59 bits per heavy atom. The predicted octanol–water partition coefficient (Wildman–Crippen LogP) is 2.20. The van der Waals surface area contributed by atoms with Gasteiger partial charge in [0.1, 0.15) is 0 Å². The summed E-state index contributed by atoms with van der Waals surface area (Å²) >= 11 is 0. The van der Waals surface area contributed by atoms with Crippen molar-refractivity contribution in [3.8, 4) is 0 Å². The first-order valence-corrected chi connectivity index (χ1v) is 8.01. The zero-order chi connectivity index (χ0) is 15.9. The Morgan fingerprint density at radius 1 is 1.23 bits per heavy atom. The van der Waals surface area contributed by atoms with Gasteiger partial charge in [-0.05, 0) is 38.5 Å². The molecule has 4 nitrogen and oxygen atoms in total. The molecule has 1 aromatic carbocycles. The first-order valence-electron chi connectivity index (χ1n) is 8.01. The minimum Gasteiger partial charge on any atom is -0.369 e. The third-order valence-electron chi connectivity index (χ3n) is 3.89. The normalized spacial score (nSPS) is 15.5. The van der Waals surface area contributed by atoms with E-state index < -0.39 is 0 Å². The molecule has 22 heavy (non-hydrogen) atoms. The van der Waals surface area contributed by atoms with Gasteiger partial charge in [0.25, 0.3) is 0 Å². The van der Waals surface area contributed by atoms with Gasteiger partial charge in [0.2, 0.25) is 5.91 Å². The highest BCUT2D eigenvalue weighted by Gasteiger charge is 2.16. The lowest BCUT2D eigenvalue weighted by Crippen LogP contribution is -2.48. The van der Waals surface area contributed by atoms with Crippen LogP contribution in [0.1, 0.15) is 19.4 Å². The van der Waals surface area contributed by atoms with E-state index in [4.69, 9.17) is 0 Å². The maximum Gasteiger partial charge on any atom is 0.243 e. The SMILES string of the molecule is CC(C)=CC(=O)NCCN1CCN(c2cccc(C)c2)CC1. The second kappa shape index (κ2) is 7.99. The van der Waals surface area contributed by atoms with E-state index in [1.807, 2.05) is 13.8 Å². The molecule has 1 amide bonds. The molecule has 1 fully saturated rings. The average molecular weight is 301 g/mol. The molecule has 0 aromatic heterocycles. The number of carbonyl (C=O) groups is 1. The lowest BCUT2D eigenvalue weighted by atomic mass is 10.2. The molecule has 0 bridgehead atoms. The van der Waals surface area contributed by atoms with E-state index in [0.29, 0.717) is 6.54 Å². The van der Waals surface area contributed by atoms with Gasteiger partial charge in [-0.3, -0.25) is 9.69 Å². The number of carbonyl (C=O) groups excluding carboxylic acids is 1. The van der Waals surface area contributed by atoms with Crippen LogP contribution in [0.25, 0.3) is 0 Å². The Bertz CT molecular complexity index is 527. The molecule has 1 saturated heterocycles. The summed E-state index contributed by atoms with van der Waals surface area (Å²) in [5.41, 5.74) is 3.66. The molecule has 0 radical (unpaired) electrons. The molecule has 1 N–H and O–H groups in total. The summed E-state index contributed by atoms with van der Waals surface area (Å²) in [7, 11) is 0. The van der Waals surface area contributed by atoms with Gasteiger partial charge in [-0.25, -0.2) is 0 Å². The molecule has 0 atom stereocenters. The Morgan fingerprint density at radius 2 is 1.95 bits per heavy atom. The van der Waals surface area contributed by atoms with E-state index in [2.05, 4.69) is 46.3 Å². The molecule has 0 aliphatic carbocycles. The molecular formula is C18H27N3O. The molecule has 1 aromatic rings. The Labute approximate surface area is 133 Å². The van der Waals surface area contributed by atoms with Crippen molar-refractivity contribution in [1.82, 2.24) is 10.2 Å². The largest absolute Gasteiger partial charge is 0.369 e. The topological polar surface area (TPSA) is 35.6 Å². The first-order chi connectivity index (χ1) is 10.5. The van der Waals surface area contributed by atoms with Crippen molar-refractivity contribution in [2.24, 2.45) is 0 Å². The van der Waals surface area contributed by atoms with Gasteiger partial charge >= 0.3 is 0 Å². The summed E-state index contributed by atoms with van der Waals surface area (Å²) in [6.07, 6.45) is 1.65. The zero-order valence-electron chi connectivity index (χ0n) is 13.9. The minimum atomic E-state index is 0.0124. The Hall–Kier alpha value is -1.81. The van der Waals surface area contributed by atoms with Gasteiger partial charge in [-0.2, -0.15) is 0 Å². The highest BCUT2D eigenvalue weighted by atomic mass is 16.1. The second-order valence-corrected chi connectivity index (χ2v) is 6.18. The van der Waals surface area contributed by atoms with E-state index in [9.17, 15) is 4.79 Å². The number of rotatable bonds is 5. The summed E-state index contributed by atoms with van der Waals surface area (Å²) in [5, 5.41) is 2.94. The molecule has 4 heteroatoms. The molecule has 2 rings (SSSR count). The number of piperazine rings is 1. The van der Waals surface area contributed by atoms with E-state index in [1.165, 1.54) is 11.3 Å². The smallest absolute Gasteiger partial charge is 0.243 e. The molecule has 1 heterocycles. The van der Waals surface area contributed by atoms with Crippen LogP contribution in [0, 0.1) is 6.92 Å². The van der Waals surface area contributed by atoms with Crippen molar-refractivity contribution < 1.29 is 4.79 Å². The van der Waals surface area contributed by atoms with Gasteiger partial charge in [-0.15, -0.1) is 0 Å². The molecule has 0 spiro atoms. The minimum absolute atomic E-state index is 0.0124. The first kappa shape index (κ1) is 16.6. The molecule has 1 aliphatic heterocycles. The van der Waals surface area contributed by atoms with Crippen LogP contribution in [-0.4, -0.2) is 50.1 Å². The van der Waals surface area contributed by atoms with Crippen LogP contribution in [-0.2, 0) is 4.79 Å². The highest BCUT2D eigenvalue weighted by Crippen LogP contribution is 2.17. The summed E-state index contributed by atoms with van der Waals surface area (Å²) in [4.78, 5) is 16.4. The number of anilines is 1. The number of allylic oxidation sites excluding steroid dienone is 1. The number of benzene rings is 1. The number of nitrogens with zero attached hydrogens (tertiary/aromatic N) is 2. The fraction of sp³-hybridized carbons (Fsp3) is 0.500. The molecular weight excluding hydrogens is 274 g/mol. The summed E-state index contributed by atoms with van der Waals surface area (Å²) in [6, 6.07) is 8.68. The van der Waals surface area contributed by atoms with E-state index >= 15 is 0 Å². The van der Waals surface area contributed by atoms with E-state index in [1.54, 1.807) is 6.08 Å². The van der Waals surface area contributed by atoms with Crippen molar-refractivity contribution in [1.29, 1.82) is 0 Å². The predicted molar refractivity (Wildman–Crippen MR) is 92.3 cm³/mol. The van der Waals surface area contributed by atoms with Crippen LogP contribution in [0.5, 0.6) is 0 Å². The third kappa shape index (κ3) is 5.19. The maximum absolute atomic E-state index is 11.5. The van der Waals surface area contributed by atoms with Gasteiger partial charge in [0.15, 0.2) is 0 Å². The van der Waals surface area contributed by atoms with Crippen LogP contribution in [0.3, 0.4) is 0 Å². The average Bonchev–Trinajstić information content (AvgIpc) is 2.47. The van der Waals surface area contributed by atoms with Crippen LogP contribution in [0.4, 0.5) is 5.69 Å². The van der Waals surface area contributed by atoms with E-state index in [-0.39, 0.29) is 5.91 Å². The molecule has 0 saturated carbocycles. The monoisotopic (exact) mass is 301 g/mol. The zero-order valence-corrected chi connectivity index (χ0v) is 13.9. The van der Waals surface area contributed by atoms with Gasteiger partial charge in [-0.1, -0.05) is 17.7 Å². The molecule has 0 unspecified atom stereocenters. The summed E-state index contributed by atoms with van der Waals surface area (Å²) in [6.45, 7) is 11.8. The highest BCUT2D eigenvalue weighted by molar-refractivity contribution is 5.87. The number of hydrogen-bond donors (Lipinski definition) is 1.